The van der Waals surface area contributed by atoms with E-state index in [0.717, 1.165) is 103 Å². The van der Waals surface area contributed by atoms with Gasteiger partial charge < -0.3 is 14.2 Å². The second-order valence-corrected chi connectivity index (χ2v) is 20.3. The number of esters is 3. The molecule has 6 heteroatoms. The molecule has 1 unspecified atom stereocenters. The predicted octanol–water partition coefficient (Wildman–Crippen LogP) is 20.5. The lowest BCUT2D eigenvalue weighted by Crippen LogP contribution is -2.30. The van der Waals surface area contributed by atoms with Crippen molar-refractivity contribution in [3.8, 4) is 0 Å². The Hall–Kier alpha value is -3.15. The van der Waals surface area contributed by atoms with Crippen LogP contribution in [0.15, 0.2) is 72.9 Å². The predicted molar refractivity (Wildman–Crippen MR) is 307 cm³/mol. The first kappa shape index (κ1) is 67.8. The zero-order valence-electron chi connectivity index (χ0n) is 47.0. The van der Waals surface area contributed by atoms with Gasteiger partial charge in [-0.1, -0.05) is 254 Å². The Morgan fingerprint density at radius 3 is 0.958 bits per heavy atom. The smallest absolute Gasteiger partial charge is 0.306 e. The van der Waals surface area contributed by atoms with E-state index in [1.165, 1.54) is 161 Å². The van der Waals surface area contributed by atoms with Crippen LogP contribution in [0.5, 0.6) is 0 Å². The fourth-order valence-corrected chi connectivity index (χ4v) is 8.62. The topological polar surface area (TPSA) is 78.9 Å². The first-order valence-electron chi connectivity index (χ1n) is 30.5. The summed E-state index contributed by atoms with van der Waals surface area (Å²) in [7, 11) is 0. The molecule has 0 bridgehead atoms. The van der Waals surface area contributed by atoms with Crippen molar-refractivity contribution in [3.63, 3.8) is 0 Å². The summed E-state index contributed by atoms with van der Waals surface area (Å²) in [6, 6.07) is 0. The van der Waals surface area contributed by atoms with E-state index in [4.69, 9.17) is 14.2 Å². The van der Waals surface area contributed by atoms with Gasteiger partial charge in [0, 0.05) is 19.3 Å². The monoisotopic (exact) mass is 991 g/mol. The third kappa shape index (κ3) is 57.6. The minimum absolute atomic E-state index is 0.0864. The van der Waals surface area contributed by atoms with Crippen LogP contribution < -0.4 is 0 Å². The molecule has 0 aliphatic carbocycles. The van der Waals surface area contributed by atoms with E-state index in [9.17, 15) is 14.4 Å². The molecule has 0 saturated heterocycles. The molecule has 0 amide bonds. The zero-order chi connectivity index (χ0) is 51.4. The zero-order valence-corrected chi connectivity index (χ0v) is 47.0. The van der Waals surface area contributed by atoms with Gasteiger partial charge >= 0.3 is 17.9 Å². The Bertz CT molecular complexity index is 1320. The molecule has 0 aromatic rings. The van der Waals surface area contributed by atoms with Crippen LogP contribution >= 0.6 is 0 Å². The SMILES string of the molecule is CC/C=C\C/C=C\C/C=C\CCCCCCCCCCCC(=O)OCC(COC(=O)CCCCCCC/C=C\CCCCCCCCC)OC(=O)CCCCCCC/C=C\C=C/CCCCCCCCC. The molecule has 0 radical (unpaired) electrons. The number of carbonyl (C=O) groups is 3. The second kappa shape index (κ2) is 59.4. The summed E-state index contributed by atoms with van der Waals surface area (Å²) in [5.41, 5.74) is 0. The van der Waals surface area contributed by atoms with Crippen molar-refractivity contribution in [2.45, 2.75) is 309 Å². The summed E-state index contributed by atoms with van der Waals surface area (Å²) in [5.74, 6) is -0.903. The molecule has 6 nitrogen and oxygen atoms in total. The Morgan fingerprint density at radius 2 is 0.592 bits per heavy atom. The van der Waals surface area contributed by atoms with E-state index in [0.29, 0.717) is 19.3 Å². The molecular weight excluding hydrogens is 877 g/mol. The highest BCUT2D eigenvalue weighted by Gasteiger charge is 2.19. The van der Waals surface area contributed by atoms with Gasteiger partial charge in [-0.2, -0.15) is 0 Å². The summed E-state index contributed by atoms with van der Waals surface area (Å²) in [4.78, 5) is 38.3. The molecular formula is C65H114O6. The van der Waals surface area contributed by atoms with E-state index in [1.807, 2.05) is 0 Å². The molecule has 0 N–H and O–H groups in total. The fourth-order valence-electron chi connectivity index (χ4n) is 8.62. The van der Waals surface area contributed by atoms with Crippen molar-refractivity contribution >= 4 is 17.9 Å². The lowest BCUT2D eigenvalue weighted by Gasteiger charge is -2.18. The van der Waals surface area contributed by atoms with Crippen molar-refractivity contribution in [2.24, 2.45) is 0 Å². The van der Waals surface area contributed by atoms with E-state index >= 15 is 0 Å². The Morgan fingerprint density at radius 1 is 0.310 bits per heavy atom. The molecule has 0 heterocycles. The molecule has 0 aromatic carbocycles. The Labute approximate surface area is 440 Å². The first-order valence-corrected chi connectivity index (χ1v) is 30.5. The maximum atomic E-state index is 12.9. The van der Waals surface area contributed by atoms with Crippen molar-refractivity contribution < 1.29 is 28.6 Å². The van der Waals surface area contributed by atoms with Crippen LogP contribution in [0, 0.1) is 0 Å². The van der Waals surface area contributed by atoms with Crippen molar-refractivity contribution in [3.05, 3.63) is 72.9 Å². The molecule has 0 aliphatic heterocycles. The summed E-state index contributed by atoms with van der Waals surface area (Å²) in [5, 5.41) is 0. The van der Waals surface area contributed by atoms with E-state index in [1.54, 1.807) is 0 Å². The van der Waals surface area contributed by atoms with Crippen LogP contribution in [0.3, 0.4) is 0 Å². The third-order valence-corrected chi connectivity index (χ3v) is 13.2. The van der Waals surface area contributed by atoms with Gasteiger partial charge in [0.05, 0.1) is 0 Å². The minimum atomic E-state index is -0.790. The molecule has 0 aromatic heterocycles. The summed E-state index contributed by atoms with van der Waals surface area (Å²) in [6.45, 7) is 6.53. The van der Waals surface area contributed by atoms with Gasteiger partial charge in [0.15, 0.2) is 6.10 Å². The van der Waals surface area contributed by atoms with Crippen molar-refractivity contribution in [2.75, 3.05) is 13.2 Å². The standard InChI is InChI=1S/C65H114O6/c1-4-7-10-13-16-19-22-25-28-31-33-35-37-40-43-46-49-52-55-58-64(67)70-61-62(60-69-63(66)57-54-51-48-45-42-39-36-30-27-24-21-18-15-12-9-6-3)71-65(68)59-56-53-50-47-44-41-38-34-32-29-26-23-20-17-14-11-8-5-2/h7,10,16,19,25,28-30,32,34,36,38,62H,4-6,8-9,11-15,17-18,20-24,26-27,31,33,35,37,39-61H2,1-3H3/b10-7-,19-16-,28-25-,32-29-,36-30-,38-34-. The molecule has 0 spiro atoms. The molecule has 0 fully saturated rings. The minimum Gasteiger partial charge on any atom is -0.462 e. The molecule has 0 aliphatic rings. The number of allylic oxidation sites excluding steroid dienone is 12. The van der Waals surface area contributed by atoms with Crippen molar-refractivity contribution in [1.82, 2.24) is 0 Å². The number of carbonyl (C=O) groups excluding carboxylic acids is 3. The average Bonchev–Trinajstić information content (AvgIpc) is 3.37. The summed E-state index contributed by atoms with van der Waals surface area (Å²) < 4.78 is 16.9. The van der Waals surface area contributed by atoms with Gasteiger partial charge in [0.2, 0.25) is 0 Å². The van der Waals surface area contributed by atoms with Gasteiger partial charge in [0.1, 0.15) is 13.2 Å². The molecule has 71 heavy (non-hydrogen) atoms. The number of unbranched alkanes of at least 4 members (excludes halogenated alkanes) is 33. The second-order valence-electron chi connectivity index (χ2n) is 20.3. The fraction of sp³-hybridized carbons (Fsp3) is 0.769. The van der Waals surface area contributed by atoms with E-state index in [2.05, 4.69) is 93.7 Å². The van der Waals surface area contributed by atoms with Crippen LogP contribution in [0.4, 0.5) is 0 Å². The normalized spacial score (nSPS) is 12.5. The van der Waals surface area contributed by atoms with Crippen LogP contribution in [-0.4, -0.2) is 37.2 Å². The molecule has 0 rings (SSSR count). The summed E-state index contributed by atoms with van der Waals surface area (Å²) >= 11 is 0. The van der Waals surface area contributed by atoms with E-state index in [-0.39, 0.29) is 31.1 Å². The van der Waals surface area contributed by atoms with Gasteiger partial charge in [-0.05, 0) is 103 Å². The first-order chi connectivity index (χ1) is 35.0. The van der Waals surface area contributed by atoms with Gasteiger partial charge in [-0.3, -0.25) is 14.4 Å². The maximum Gasteiger partial charge on any atom is 0.306 e. The van der Waals surface area contributed by atoms with E-state index < -0.39 is 6.10 Å². The lowest BCUT2D eigenvalue weighted by atomic mass is 10.1. The molecule has 1 atom stereocenters. The van der Waals surface area contributed by atoms with Crippen molar-refractivity contribution in [1.29, 1.82) is 0 Å². The molecule has 0 saturated carbocycles. The highest BCUT2D eigenvalue weighted by molar-refractivity contribution is 5.71. The van der Waals surface area contributed by atoms with Gasteiger partial charge in [0.25, 0.3) is 0 Å². The van der Waals surface area contributed by atoms with Crippen LogP contribution in [0.2, 0.25) is 0 Å². The highest BCUT2D eigenvalue weighted by Crippen LogP contribution is 2.15. The lowest BCUT2D eigenvalue weighted by molar-refractivity contribution is -0.167. The summed E-state index contributed by atoms with van der Waals surface area (Å²) in [6.07, 6.45) is 76.1. The number of hydrogen-bond donors (Lipinski definition) is 0. The maximum absolute atomic E-state index is 12.9. The quantitative estimate of drug-likeness (QED) is 0.0199. The average molecular weight is 992 g/mol. The Balaban J connectivity index is 4.41. The van der Waals surface area contributed by atoms with Crippen LogP contribution in [-0.2, 0) is 28.6 Å². The van der Waals surface area contributed by atoms with Crippen LogP contribution in [0.1, 0.15) is 303 Å². The molecule has 410 valence electrons. The largest absolute Gasteiger partial charge is 0.462 e. The Kier molecular flexibility index (Phi) is 56.8. The van der Waals surface area contributed by atoms with Crippen LogP contribution in [0.25, 0.3) is 0 Å². The van der Waals surface area contributed by atoms with Gasteiger partial charge in [-0.25, -0.2) is 0 Å². The third-order valence-electron chi connectivity index (χ3n) is 13.2. The number of hydrogen-bond acceptors (Lipinski definition) is 6. The number of rotatable bonds is 55. The number of ether oxygens (including phenoxy) is 3. The van der Waals surface area contributed by atoms with Gasteiger partial charge in [-0.15, -0.1) is 0 Å². The highest BCUT2D eigenvalue weighted by atomic mass is 16.6.